The first-order valence-corrected chi connectivity index (χ1v) is 20.6. The van der Waals surface area contributed by atoms with Crippen LogP contribution in [0.25, 0.3) is 122 Å². The summed E-state index contributed by atoms with van der Waals surface area (Å²) < 4.78 is 6.33. The van der Waals surface area contributed by atoms with Crippen molar-refractivity contribution >= 4 is 54.3 Å². The highest BCUT2D eigenvalue weighted by atomic mass is 16.3. The average Bonchev–Trinajstić information content (AvgIpc) is 3.72. The molecular weight excluding hydrogens is 743 g/mol. The fourth-order valence-electron chi connectivity index (χ4n) is 8.80. The number of para-hydroxylation sites is 1. The van der Waals surface area contributed by atoms with E-state index in [4.69, 9.17) is 19.4 Å². The second-order valence-corrected chi connectivity index (χ2v) is 15.6. The van der Waals surface area contributed by atoms with Gasteiger partial charge in [0, 0.05) is 27.5 Å². The van der Waals surface area contributed by atoms with E-state index in [9.17, 15) is 0 Å². The van der Waals surface area contributed by atoms with Gasteiger partial charge in [-0.15, -0.1) is 0 Å². The summed E-state index contributed by atoms with van der Waals surface area (Å²) in [5.41, 5.74) is 11.4. The van der Waals surface area contributed by atoms with Crippen LogP contribution >= 0.6 is 0 Å². The van der Waals surface area contributed by atoms with Crippen LogP contribution in [0.2, 0.25) is 0 Å². The number of aromatic nitrogens is 3. The Hall–Kier alpha value is -8.21. The molecule has 2 heterocycles. The van der Waals surface area contributed by atoms with Gasteiger partial charge in [-0.1, -0.05) is 170 Å². The van der Waals surface area contributed by atoms with Crippen molar-refractivity contribution in [2.24, 2.45) is 0 Å². The molecule has 0 fully saturated rings. The van der Waals surface area contributed by atoms with E-state index in [0.29, 0.717) is 17.5 Å². The zero-order chi connectivity index (χ0) is 40.3. The SMILES string of the molecule is c1ccc(-c2ccc(-c3ccc4cc(-c5nc(-c6cc(-c7ccc8ccccc8c7)c7ccccc7c6)nc(-c6cccc7oc8ccccc8c67)n5)ccc4c3)cc2)cc1. The van der Waals surface area contributed by atoms with Gasteiger partial charge in [0.05, 0.1) is 0 Å². The summed E-state index contributed by atoms with van der Waals surface area (Å²) in [7, 11) is 0. The van der Waals surface area contributed by atoms with E-state index >= 15 is 0 Å². The van der Waals surface area contributed by atoms with Crippen molar-refractivity contribution in [3.05, 3.63) is 212 Å². The first kappa shape index (κ1) is 34.8. The molecule has 0 aliphatic heterocycles. The molecule has 0 bridgehead atoms. The summed E-state index contributed by atoms with van der Waals surface area (Å²) in [6.07, 6.45) is 0. The van der Waals surface area contributed by atoms with Crippen LogP contribution in [0, 0.1) is 0 Å². The molecule has 10 aromatic carbocycles. The Morgan fingerprint density at radius 2 is 0.770 bits per heavy atom. The molecule has 4 nitrogen and oxygen atoms in total. The van der Waals surface area contributed by atoms with Crippen molar-refractivity contribution in [3.63, 3.8) is 0 Å². The van der Waals surface area contributed by atoms with Gasteiger partial charge < -0.3 is 4.42 Å². The molecule has 0 aliphatic carbocycles. The molecule has 0 saturated carbocycles. The predicted octanol–water partition coefficient (Wildman–Crippen LogP) is 15.2. The second kappa shape index (κ2) is 14.3. The summed E-state index contributed by atoms with van der Waals surface area (Å²) in [6, 6.07) is 74.9. The van der Waals surface area contributed by atoms with Crippen molar-refractivity contribution in [1.29, 1.82) is 0 Å². The fourth-order valence-corrected chi connectivity index (χ4v) is 8.80. The third kappa shape index (κ3) is 6.21. The fraction of sp³-hybridized carbons (Fsp3) is 0. The van der Waals surface area contributed by atoms with Crippen LogP contribution in [0.15, 0.2) is 217 Å². The van der Waals surface area contributed by atoms with E-state index in [2.05, 4.69) is 176 Å². The molecule has 284 valence electrons. The monoisotopic (exact) mass is 777 g/mol. The molecule has 0 N–H and O–H groups in total. The number of benzene rings is 10. The Morgan fingerprint density at radius 1 is 0.262 bits per heavy atom. The molecule has 0 saturated heterocycles. The van der Waals surface area contributed by atoms with Crippen LogP contribution in [-0.2, 0) is 0 Å². The molecular formula is C57H35N3O. The van der Waals surface area contributed by atoms with E-state index < -0.39 is 0 Å². The highest BCUT2D eigenvalue weighted by Gasteiger charge is 2.19. The predicted molar refractivity (Wildman–Crippen MR) is 252 cm³/mol. The lowest BCUT2D eigenvalue weighted by molar-refractivity contribution is 0.669. The molecule has 0 atom stereocenters. The number of nitrogens with zero attached hydrogens (tertiary/aromatic N) is 3. The zero-order valence-corrected chi connectivity index (χ0v) is 33.0. The van der Waals surface area contributed by atoms with Crippen molar-refractivity contribution in [1.82, 2.24) is 15.0 Å². The zero-order valence-electron chi connectivity index (χ0n) is 33.0. The van der Waals surface area contributed by atoms with E-state index in [0.717, 1.165) is 65.9 Å². The lowest BCUT2D eigenvalue weighted by Crippen LogP contribution is -2.01. The van der Waals surface area contributed by atoms with Crippen molar-refractivity contribution in [2.45, 2.75) is 0 Å². The minimum Gasteiger partial charge on any atom is -0.456 e. The summed E-state index contributed by atoms with van der Waals surface area (Å²) in [6.45, 7) is 0. The Kier molecular flexibility index (Phi) is 8.13. The Morgan fingerprint density at radius 3 is 1.59 bits per heavy atom. The molecule has 0 radical (unpaired) electrons. The molecule has 2 aromatic heterocycles. The minimum atomic E-state index is 0.590. The normalized spacial score (nSPS) is 11.6. The van der Waals surface area contributed by atoms with Crippen LogP contribution in [0.3, 0.4) is 0 Å². The third-order valence-corrected chi connectivity index (χ3v) is 11.9. The van der Waals surface area contributed by atoms with Gasteiger partial charge in [-0.05, 0) is 108 Å². The number of rotatable bonds is 6. The molecule has 61 heavy (non-hydrogen) atoms. The van der Waals surface area contributed by atoms with Crippen LogP contribution in [0.1, 0.15) is 0 Å². The summed E-state index contributed by atoms with van der Waals surface area (Å²) >= 11 is 0. The average molecular weight is 778 g/mol. The van der Waals surface area contributed by atoms with Crippen molar-refractivity contribution in [2.75, 3.05) is 0 Å². The lowest BCUT2D eigenvalue weighted by atomic mass is 9.94. The Labute approximate surface area is 352 Å². The largest absolute Gasteiger partial charge is 0.456 e. The first-order valence-electron chi connectivity index (χ1n) is 20.6. The molecule has 0 amide bonds. The molecule has 4 heteroatoms. The molecule has 12 rings (SSSR count). The second-order valence-electron chi connectivity index (χ2n) is 15.6. The third-order valence-electron chi connectivity index (χ3n) is 11.9. The van der Waals surface area contributed by atoms with Crippen molar-refractivity contribution in [3.8, 4) is 67.5 Å². The molecule has 12 aromatic rings. The van der Waals surface area contributed by atoms with Gasteiger partial charge in [0.2, 0.25) is 0 Å². The quantitative estimate of drug-likeness (QED) is 0.169. The van der Waals surface area contributed by atoms with Crippen LogP contribution in [0.4, 0.5) is 0 Å². The van der Waals surface area contributed by atoms with Gasteiger partial charge in [-0.3, -0.25) is 0 Å². The number of hydrogen-bond donors (Lipinski definition) is 0. The lowest BCUT2D eigenvalue weighted by Gasteiger charge is -2.13. The van der Waals surface area contributed by atoms with Gasteiger partial charge in [-0.2, -0.15) is 0 Å². The van der Waals surface area contributed by atoms with E-state index in [-0.39, 0.29) is 0 Å². The van der Waals surface area contributed by atoms with E-state index in [1.54, 1.807) is 0 Å². The number of hydrogen-bond acceptors (Lipinski definition) is 4. The van der Waals surface area contributed by atoms with Gasteiger partial charge in [-0.25, -0.2) is 15.0 Å². The van der Waals surface area contributed by atoms with E-state index in [1.165, 1.54) is 38.4 Å². The van der Waals surface area contributed by atoms with Gasteiger partial charge in [0.15, 0.2) is 17.5 Å². The van der Waals surface area contributed by atoms with E-state index in [1.807, 2.05) is 36.4 Å². The molecule has 0 spiro atoms. The molecule has 0 unspecified atom stereocenters. The van der Waals surface area contributed by atoms with Crippen molar-refractivity contribution < 1.29 is 4.42 Å². The summed E-state index contributed by atoms with van der Waals surface area (Å²) in [4.78, 5) is 15.8. The van der Waals surface area contributed by atoms with Gasteiger partial charge in [0.25, 0.3) is 0 Å². The maximum Gasteiger partial charge on any atom is 0.164 e. The first-order chi connectivity index (χ1) is 30.2. The van der Waals surface area contributed by atoms with Crippen LogP contribution in [0.5, 0.6) is 0 Å². The highest BCUT2D eigenvalue weighted by molar-refractivity contribution is 6.12. The Bertz CT molecular complexity index is 3650. The topological polar surface area (TPSA) is 51.8 Å². The van der Waals surface area contributed by atoms with Gasteiger partial charge >= 0.3 is 0 Å². The highest BCUT2D eigenvalue weighted by Crippen LogP contribution is 2.39. The van der Waals surface area contributed by atoms with Crippen LogP contribution in [-0.4, -0.2) is 15.0 Å². The molecule has 0 aliphatic rings. The summed E-state index contributed by atoms with van der Waals surface area (Å²) in [5, 5.41) is 8.96. The number of fused-ring (bicyclic) bond motifs is 6. The number of furan rings is 1. The van der Waals surface area contributed by atoms with Crippen LogP contribution < -0.4 is 0 Å². The van der Waals surface area contributed by atoms with Gasteiger partial charge in [0.1, 0.15) is 11.2 Å². The standard InChI is InChI=1S/C57H35N3O/c1-2-11-36(12-3-1)38-21-23-39(24-22-38)41-26-27-43-33-46(30-28-42(43)31-41)55-58-56(60-57(59-55)50-18-10-20-53-54(50)49-17-8-9-19-52(49)61-53)47-34-44-15-6-7-16-48(44)51(35-47)45-29-25-37-13-4-5-14-40(37)32-45/h1-35H. The maximum atomic E-state index is 6.33. The smallest absolute Gasteiger partial charge is 0.164 e. The maximum absolute atomic E-state index is 6.33. The Balaban J connectivity index is 1.02. The minimum absolute atomic E-state index is 0.590. The summed E-state index contributed by atoms with van der Waals surface area (Å²) in [5.74, 6) is 1.80.